The van der Waals surface area contributed by atoms with Crippen molar-refractivity contribution in [2.24, 2.45) is 0 Å². The second-order valence-electron chi connectivity index (χ2n) is 10.8. The number of unbranched alkanes of at least 4 members (excludes halogenated alkanes) is 1. The predicted octanol–water partition coefficient (Wildman–Crippen LogP) is 13.0. The molecule has 0 nitrogen and oxygen atoms in total. The van der Waals surface area contributed by atoms with E-state index in [9.17, 15) is 0 Å². The molecule has 0 heterocycles. The molecule has 4 rings (SSSR count). The van der Waals surface area contributed by atoms with E-state index >= 15 is 0 Å². The van der Waals surface area contributed by atoms with Gasteiger partial charge in [0.25, 0.3) is 0 Å². The van der Waals surface area contributed by atoms with Gasteiger partial charge in [-0.2, -0.15) is 0 Å². The summed E-state index contributed by atoms with van der Waals surface area (Å²) in [6, 6.07) is 38.2. The Hall–Kier alpha value is -2.24. The minimum atomic E-state index is 0.590. The largest absolute Gasteiger partial charge is 0.109 e. The van der Waals surface area contributed by atoms with Gasteiger partial charge in [-0.3, -0.25) is 0 Å². The monoisotopic (exact) mass is 644 g/mol. The topological polar surface area (TPSA) is 0 Å². The molecule has 0 saturated heterocycles. The van der Waals surface area contributed by atoms with Gasteiger partial charge < -0.3 is 0 Å². The van der Waals surface area contributed by atoms with Crippen LogP contribution in [0.5, 0.6) is 0 Å². The molecule has 0 amide bonds. The van der Waals surface area contributed by atoms with E-state index in [2.05, 4.69) is 114 Å². The van der Waals surface area contributed by atoms with Gasteiger partial charge in [0.2, 0.25) is 0 Å². The molecule has 0 aromatic heterocycles. The standard InChI is InChI=1S/C18H20S2.C17H18S2.C4H10/c1-3-14(2)16-11-9-15(10-12-16)13-20-18(19)17-7-5-4-6-8-17;1-13(2)15-10-8-14(9-11-15)12-19-17(18)16-6-4-3-5-7-16;1-3-4-2/h4-12,14H,3,13H2,1-2H3;3-11,13H,12H2,1-2H3;3-4H2,1-2H3. The van der Waals surface area contributed by atoms with Crippen molar-refractivity contribution in [1.82, 2.24) is 0 Å². The fraction of sp³-hybridized carbons (Fsp3) is 0.333. The summed E-state index contributed by atoms with van der Waals surface area (Å²) < 4.78 is 1.94. The number of benzene rings is 4. The van der Waals surface area contributed by atoms with Crippen LogP contribution in [0.4, 0.5) is 0 Å². The van der Waals surface area contributed by atoms with Crippen LogP contribution in [0, 0.1) is 0 Å². The third kappa shape index (κ3) is 14.4. The lowest BCUT2D eigenvalue weighted by Crippen LogP contribution is -1.94. The van der Waals surface area contributed by atoms with E-state index in [1.165, 1.54) is 41.5 Å². The smallest absolute Gasteiger partial charge is 0.0781 e. The molecule has 4 aromatic rings. The number of hydrogen-bond acceptors (Lipinski definition) is 4. The SMILES string of the molecule is CC(C)c1ccc(CSC(=S)c2ccccc2)cc1.CCC(C)c1ccc(CSC(=S)c2ccccc2)cc1.CCCC. The van der Waals surface area contributed by atoms with Crippen LogP contribution in [0.2, 0.25) is 0 Å². The Balaban J connectivity index is 0.000000267. The van der Waals surface area contributed by atoms with Crippen molar-refractivity contribution in [3.63, 3.8) is 0 Å². The molecule has 0 N–H and O–H groups in total. The van der Waals surface area contributed by atoms with Crippen molar-refractivity contribution in [2.45, 2.75) is 84.1 Å². The average Bonchev–Trinajstić information content (AvgIpc) is 3.07. The first-order valence-electron chi connectivity index (χ1n) is 15.4. The maximum atomic E-state index is 5.47. The van der Waals surface area contributed by atoms with E-state index in [-0.39, 0.29) is 0 Å². The molecule has 0 spiro atoms. The van der Waals surface area contributed by atoms with Crippen LogP contribution in [-0.2, 0) is 11.5 Å². The zero-order valence-electron chi connectivity index (χ0n) is 26.7. The molecular weight excluding hydrogens is 597 g/mol. The maximum Gasteiger partial charge on any atom is 0.0781 e. The van der Waals surface area contributed by atoms with Gasteiger partial charge in [-0.25, -0.2) is 0 Å². The molecule has 0 aliphatic rings. The van der Waals surface area contributed by atoms with Crippen molar-refractivity contribution < 1.29 is 0 Å². The number of thioether (sulfide) groups is 2. The number of hydrogen-bond donors (Lipinski definition) is 0. The molecule has 228 valence electrons. The molecule has 4 aromatic carbocycles. The molecule has 0 aliphatic heterocycles. The van der Waals surface area contributed by atoms with Gasteiger partial charge in [-0.1, -0.05) is 188 Å². The van der Waals surface area contributed by atoms with E-state index in [0.29, 0.717) is 11.8 Å². The van der Waals surface area contributed by atoms with Gasteiger partial charge in [0.1, 0.15) is 0 Å². The van der Waals surface area contributed by atoms with Crippen molar-refractivity contribution in [3.8, 4) is 0 Å². The van der Waals surface area contributed by atoms with Crippen LogP contribution in [0.1, 0.15) is 106 Å². The number of thiocarbonyl (C=S) groups is 2. The first kappa shape index (κ1) is 36.9. The van der Waals surface area contributed by atoms with Crippen LogP contribution in [0.15, 0.2) is 109 Å². The normalized spacial score (nSPS) is 11.0. The lowest BCUT2D eigenvalue weighted by molar-refractivity contribution is 0.733. The highest BCUT2D eigenvalue weighted by atomic mass is 32.2. The van der Waals surface area contributed by atoms with E-state index in [4.69, 9.17) is 24.4 Å². The zero-order valence-corrected chi connectivity index (χ0v) is 30.0. The molecule has 0 bridgehead atoms. The molecule has 0 fully saturated rings. The van der Waals surface area contributed by atoms with Gasteiger partial charge in [-0.15, -0.1) is 23.5 Å². The van der Waals surface area contributed by atoms with Crippen LogP contribution in [0.25, 0.3) is 0 Å². The van der Waals surface area contributed by atoms with Crippen LogP contribution in [0.3, 0.4) is 0 Å². The molecule has 0 radical (unpaired) electrons. The second kappa shape index (κ2) is 21.5. The highest BCUT2D eigenvalue weighted by molar-refractivity contribution is 8.23. The third-order valence-corrected chi connectivity index (χ3v) is 10.2. The van der Waals surface area contributed by atoms with Crippen LogP contribution >= 0.6 is 48.0 Å². The Morgan fingerprint density at radius 1 is 0.535 bits per heavy atom. The molecule has 0 aliphatic carbocycles. The van der Waals surface area contributed by atoms with Gasteiger partial charge in [0, 0.05) is 11.5 Å². The zero-order chi connectivity index (χ0) is 31.5. The summed E-state index contributed by atoms with van der Waals surface area (Å²) >= 11 is 14.4. The van der Waals surface area contributed by atoms with E-state index in [1.807, 2.05) is 36.4 Å². The summed E-state index contributed by atoms with van der Waals surface area (Å²) in [5.41, 5.74) is 7.75. The highest BCUT2D eigenvalue weighted by Gasteiger charge is 2.05. The minimum absolute atomic E-state index is 0.590. The van der Waals surface area contributed by atoms with Crippen molar-refractivity contribution in [1.29, 1.82) is 0 Å². The van der Waals surface area contributed by atoms with Crippen molar-refractivity contribution in [2.75, 3.05) is 0 Å². The summed E-state index contributed by atoms with van der Waals surface area (Å²) in [6.07, 6.45) is 3.83. The van der Waals surface area contributed by atoms with Gasteiger partial charge in [0.05, 0.1) is 8.39 Å². The Bertz CT molecular complexity index is 1310. The highest BCUT2D eigenvalue weighted by Crippen LogP contribution is 2.23. The number of rotatable bonds is 10. The lowest BCUT2D eigenvalue weighted by Gasteiger charge is -2.10. The Morgan fingerprint density at radius 3 is 1.23 bits per heavy atom. The first-order valence-corrected chi connectivity index (χ1v) is 18.2. The molecule has 1 atom stereocenters. The van der Waals surface area contributed by atoms with Crippen molar-refractivity contribution >= 4 is 56.4 Å². The minimum Gasteiger partial charge on any atom is -0.109 e. The second-order valence-corrected chi connectivity index (χ2v) is 14.1. The summed E-state index contributed by atoms with van der Waals surface area (Å²) in [4.78, 5) is 0. The average molecular weight is 645 g/mol. The van der Waals surface area contributed by atoms with Gasteiger partial charge >= 0.3 is 0 Å². The molecule has 0 saturated carbocycles. The molecule has 43 heavy (non-hydrogen) atoms. The maximum absolute atomic E-state index is 5.47. The summed E-state index contributed by atoms with van der Waals surface area (Å²) in [5, 5.41) is 0. The Labute approximate surface area is 281 Å². The molecular formula is C39H48S4. The van der Waals surface area contributed by atoms with E-state index in [0.717, 1.165) is 31.0 Å². The summed E-state index contributed by atoms with van der Waals surface area (Å²) in [5.74, 6) is 3.11. The van der Waals surface area contributed by atoms with E-state index in [1.54, 1.807) is 23.5 Å². The van der Waals surface area contributed by atoms with Gasteiger partial charge in [0.15, 0.2) is 0 Å². The Kier molecular flexibility index (Phi) is 18.4. The fourth-order valence-electron chi connectivity index (χ4n) is 3.79. The quantitative estimate of drug-likeness (QED) is 0.157. The summed E-state index contributed by atoms with van der Waals surface area (Å²) in [7, 11) is 0. The van der Waals surface area contributed by atoms with Crippen molar-refractivity contribution in [3.05, 3.63) is 143 Å². The molecule has 4 heteroatoms. The van der Waals surface area contributed by atoms with Crippen LogP contribution < -0.4 is 0 Å². The Morgan fingerprint density at radius 2 is 0.907 bits per heavy atom. The lowest BCUT2D eigenvalue weighted by atomic mass is 9.98. The first-order chi connectivity index (χ1) is 20.8. The fourth-order valence-corrected chi connectivity index (χ4v) is 6.00. The summed E-state index contributed by atoms with van der Waals surface area (Å²) in [6.45, 7) is 13.3. The predicted molar refractivity (Wildman–Crippen MR) is 205 cm³/mol. The van der Waals surface area contributed by atoms with Crippen LogP contribution in [-0.4, -0.2) is 8.39 Å². The van der Waals surface area contributed by atoms with E-state index < -0.39 is 0 Å². The molecule has 1 unspecified atom stereocenters. The third-order valence-electron chi connectivity index (χ3n) is 7.07. The van der Waals surface area contributed by atoms with Gasteiger partial charge in [-0.05, 0) is 51.6 Å².